The van der Waals surface area contributed by atoms with Gasteiger partial charge in [-0.1, -0.05) is 95.1 Å². The standard InChI is InChI=1S/C26H22F3NO4.C24H18F3NO4.C19H15BrF2O4.C7H9BFNO2.3CH4.ClH.Li.H2O/c1-2-32-23(31)11-15-6-7-18(27)12-22(15)34-14-17-10-21(26-20(25(17)29)8-9-33-26)19-5-3-4-16(13-30)24(19)28;25-16-5-4-13(9-21(29)30)20(10-16)32-12-15-8-19(24-18(23(15)27)6-7-31-24)17-3-1-2-14(11-28)22(17)26;1-2-24-17(23)8-11-3-4-13(21)9-16(11)26-10-12-7-15(20)19-14(18(12)22)5-6-25-19;9-7-5(4-10)2-1-3-6(7)8(11)12;;;;;;/h3-10,12H,2,11,13-14,30H2,1H3;1-8,10H,9,11-12,28H2,(H,29,30);3-7,9H,2,8,10H2,1H3;1-3,11-12H,4,10H2;3*1H4;1H;;1H2/q;;;;;;;;+1;/p-1. The minimum absolute atomic E-state index is 0. The van der Waals surface area contributed by atoms with Gasteiger partial charge in [-0.2, -0.15) is 0 Å². The van der Waals surface area contributed by atoms with Crippen LogP contribution in [-0.2, 0) is 82.6 Å². The van der Waals surface area contributed by atoms with Crippen LogP contribution in [0.2, 0.25) is 0 Å². The molecule has 0 fully saturated rings. The molecule has 0 saturated heterocycles. The van der Waals surface area contributed by atoms with E-state index in [2.05, 4.69) is 15.9 Å². The van der Waals surface area contributed by atoms with Gasteiger partial charge in [0.15, 0.2) is 5.58 Å². The first-order valence-corrected chi connectivity index (χ1v) is 32.5. The van der Waals surface area contributed by atoms with Crippen LogP contribution in [0.25, 0.3) is 55.2 Å². The maximum atomic E-state index is 15.2. The monoisotopic (exact) mass is 1610 g/mol. The number of carbonyl (C=O) groups excluding carboxylic acids is 2. The summed E-state index contributed by atoms with van der Waals surface area (Å²) >= 11 is 3.33. The molecule has 12 rings (SSSR count). The third-order valence-corrected chi connectivity index (χ3v) is 16.4. The minimum Gasteiger partial charge on any atom is -0.870 e. The van der Waals surface area contributed by atoms with E-state index in [1.165, 1.54) is 104 Å². The van der Waals surface area contributed by atoms with Gasteiger partial charge in [-0.05, 0) is 84.4 Å². The Labute approximate surface area is 654 Å². The molecule has 0 spiro atoms. The molecule has 0 unspecified atom stereocenters. The van der Waals surface area contributed by atoms with E-state index in [0.717, 1.165) is 24.3 Å². The van der Waals surface area contributed by atoms with Crippen molar-refractivity contribution in [3.63, 3.8) is 0 Å². The number of esters is 2. The van der Waals surface area contributed by atoms with Crippen molar-refractivity contribution in [3.8, 4) is 39.5 Å². The molecule has 9 aromatic carbocycles. The zero-order valence-corrected chi connectivity index (χ0v) is 59.5. The number of hydrogen-bond donors (Lipinski definition) is 6. The Morgan fingerprint density at radius 2 is 0.764 bits per heavy atom. The van der Waals surface area contributed by atoms with E-state index in [4.69, 9.17) is 69.3 Å². The number of carbonyl (C=O) groups is 3. The Morgan fingerprint density at radius 1 is 0.427 bits per heavy atom. The second kappa shape index (κ2) is 44.0. The van der Waals surface area contributed by atoms with Crippen molar-refractivity contribution in [2.75, 3.05) is 13.2 Å². The second-order valence-electron chi connectivity index (χ2n) is 22.6. The van der Waals surface area contributed by atoms with E-state index in [-0.39, 0.29) is 215 Å². The number of benzene rings is 9. The van der Waals surface area contributed by atoms with Crippen molar-refractivity contribution in [3.05, 3.63) is 271 Å². The number of nitrogens with two attached hydrogens (primary N) is 3. The van der Waals surface area contributed by atoms with Crippen molar-refractivity contribution < 1.29 is 130 Å². The summed E-state index contributed by atoms with van der Waals surface area (Å²) in [6.45, 7) is 3.11. The molecule has 0 aliphatic heterocycles. The van der Waals surface area contributed by atoms with E-state index in [0.29, 0.717) is 48.8 Å². The van der Waals surface area contributed by atoms with Gasteiger partial charge in [0, 0.05) is 116 Å². The van der Waals surface area contributed by atoms with Crippen LogP contribution in [0.5, 0.6) is 17.2 Å². The topological polar surface area (TPSA) is 306 Å². The average Bonchev–Trinajstić information content (AvgIpc) is 1.63. The first kappa shape index (κ1) is 94.2. The van der Waals surface area contributed by atoms with Gasteiger partial charge in [0.1, 0.15) is 101 Å². The number of carboxylic acid groups (broad SMARTS) is 1. The first-order valence-electron chi connectivity index (χ1n) is 31.7. The SMILES string of the molecule is C.C.C.CCOC(=O)Cc1ccc(F)cc1OCc1cc(-c2cccc(CN)c2F)c2occc2c1F.CCOC(=O)Cc1ccc(F)cc1OCc1cc(Br)c2occc2c1F.Cl.NCc1cccc(-c2cc(COc3cc(F)ccc3CC(=O)O)c(F)c3ccoc23)c1F.NCc1cccc(B(O)O)c1F.[Li+].[OH-]. The number of hydrogen-bond acceptors (Lipinski definition) is 17. The molecule has 0 bridgehead atoms. The fourth-order valence-electron chi connectivity index (χ4n) is 10.8. The number of aliphatic carboxylic acids is 1. The summed E-state index contributed by atoms with van der Waals surface area (Å²) in [6.07, 6.45) is 3.43. The molecule has 0 aliphatic rings. The summed E-state index contributed by atoms with van der Waals surface area (Å²) in [7, 11) is -1.78. The van der Waals surface area contributed by atoms with Crippen molar-refractivity contribution in [1.82, 2.24) is 0 Å². The van der Waals surface area contributed by atoms with Crippen LogP contribution in [-0.4, -0.2) is 58.9 Å². The summed E-state index contributed by atoms with van der Waals surface area (Å²) in [5.74, 6) is -6.97. The Kier molecular flexibility index (Phi) is 37.7. The smallest absolute Gasteiger partial charge is 0.870 e. The minimum atomic E-state index is -1.78. The van der Waals surface area contributed by atoms with Crippen molar-refractivity contribution in [2.45, 2.75) is 94.8 Å². The van der Waals surface area contributed by atoms with E-state index < -0.39 is 77.4 Å². The van der Waals surface area contributed by atoms with Gasteiger partial charge in [0.2, 0.25) is 0 Å². The van der Waals surface area contributed by atoms with Gasteiger partial charge in [-0.15, -0.1) is 12.4 Å². The number of ether oxygens (including phenoxy) is 5. The summed E-state index contributed by atoms with van der Waals surface area (Å²) in [5, 5.41) is 27.1. The molecule has 0 amide bonds. The predicted molar refractivity (Wildman–Crippen MR) is 400 cm³/mol. The fourth-order valence-corrected chi connectivity index (χ4v) is 11.4. The molecule has 18 nitrogen and oxygen atoms in total. The first-order chi connectivity index (χ1) is 50.0. The van der Waals surface area contributed by atoms with Crippen molar-refractivity contribution in [2.24, 2.45) is 17.2 Å². The number of fused-ring (bicyclic) bond motifs is 3. The molecule has 12 aromatic rings. The van der Waals surface area contributed by atoms with E-state index in [1.54, 1.807) is 50.2 Å². The van der Waals surface area contributed by atoms with Crippen LogP contribution in [0.15, 0.2) is 182 Å². The van der Waals surface area contributed by atoms with Gasteiger partial charge < -0.3 is 74.8 Å². The molecule has 3 heterocycles. The fraction of sp³-hybridized carbons (Fsp3) is 0.203. The van der Waals surface area contributed by atoms with Crippen molar-refractivity contribution >= 4 is 91.7 Å². The molecular weight excluding hydrogens is 1530 g/mol. The molecule has 0 aliphatic carbocycles. The zero-order chi connectivity index (χ0) is 74.9. The van der Waals surface area contributed by atoms with Crippen LogP contribution >= 0.6 is 28.3 Å². The van der Waals surface area contributed by atoms with Crippen LogP contribution in [0.1, 0.15) is 86.2 Å². The van der Waals surface area contributed by atoms with Crippen LogP contribution in [0, 0.1) is 52.4 Å². The molecular formula is C79H78BBrClF9LiN3O15. The van der Waals surface area contributed by atoms with Gasteiger partial charge in [-0.3, -0.25) is 14.4 Å². The van der Waals surface area contributed by atoms with Gasteiger partial charge in [0.05, 0.1) is 71.9 Å². The third kappa shape index (κ3) is 23.0. The molecule has 0 radical (unpaired) electrons. The van der Waals surface area contributed by atoms with Crippen LogP contribution < -0.4 is 55.7 Å². The zero-order valence-electron chi connectivity index (χ0n) is 57.1. The molecule has 10 N–H and O–H groups in total. The van der Waals surface area contributed by atoms with E-state index >= 15 is 13.2 Å². The molecule has 580 valence electrons. The summed E-state index contributed by atoms with van der Waals surface area (Å²) in [5.41, 5.74) is 20.5. The Bertz CT molecular complexity index is 5090. The quantitative estimate of drug-likeness (QED) is 0.0197. The van der Waals surface area contributed by atoms with Gasteiger partial charge in [-0.25, -0.2) is 39.5 Å². The van der Waals surface area contributed by atoms with E-state index in [9.17, 15) is 40.7 Å². The Morgan fingerprint density at radius 3 is 1.12 bits per heavy atom. The van der Waals surface area contributed by atoms with Crippen LogP contribution in [0.3, 0.4) is 0 Å². The second-order valence-corrected chi connectivity index (χ2v) is 23.5. The maximum absolute atomic E-state index is 15.2. The average molecular weight is 1610 g/mol. The Hall–Kier alpha value is -10.0. The number of rotatable bonds is 23. The van der Waals surface area contributed by atoms with Crippen LogP contribution in [0.4, 0.5) is 39.5 Å². The summed E-state index contributed by atoms with van der Waals surface area (Å²) < 4.78 is 173. The number of carboxylic acids is 1. The third-order valence-electron chi connectivity index (χ3n) is 15.8. The van der Waals surface area contributed by atoms with E-state index in [1.807, 2.05) is 0 Å². The number of furan rings is 3. The van der Waals surface area contributed by atoms with Gasteiger partial charge >= 0.3 is 43.9 Å². The maximum Gasteiger partial charge on any atom is 1.00 e. The predicted octanol–water partition coefficient (Wildman–Crippen LogP) is 14.1. The molecule has 3 aromatic heterocycles. The van der Waals surface area contributed by atoms with Gasteiger partial charge in [0.25, 0.3) is 0 Å². The van der Waals surface area contributed by atoms with Crippen molar-refractivity contribution in [1.29, 1.82) is 0 Å². The summed E-state index contributed by atoms with van der Waals surface area (Å²) in [4.78, 5) is 34.7. The molecule has 31 heteroatoms. The number of halogens is 11. The normalized spacial score (nSPS) is 10.3. The molecule has 0 atom stereocenters. The summed E-state index contributed by atoms with van der Waals surface area (Å²) in [6, 6.07) is 33.6. The molecule has 110 heavy (non-hydrogen) atoms. The largest absolute Gasteiger partial charge is 1.00 e. The Balaban J connectivity index is 0.000000390. The molecule has 0 saturated carbocycles.